The Kier molecular flexibility index (Phi) is 7.04. The summed E-state index contributed by atoms with van der Waals surface area (Å²) in [6, 6.07) is 26.0. The number of benzene rings is 4. The summed E-state index contributed by atoms with van der Waals surface area (Å²) >= 11 is 3.63. The molecule has 214 valence electrons. The van der Waals surface area contributed by atoms with E-state index < -0.39 is 0 Å². The average molecular weight is 638 g/mol. The third-order valence-electron chi connectivity index (χ3n) is 6.87. The Labute approximate surface area is 254 Å². The lowest BCUT2D eigenvalue weighted by atomic mass is 10.2. The predicted octanol–water partition coefficient (Wildman–Crippen LogP) is 7.16. The summed E-state index contributed by atoms with van der Waals surface area (Å²) in [5.41, 5.74) is 2.54. The second-order valence-corrected chi connectivity index (χ2v) is 10.6. The van der Waals surface area contributed by atoms with Gasteiger partial charge in [-0.15, -0.1) is 0 Å². The fourth-order valence-electron chi connectivity index (χ4n) is 4.86. The maximum Gasteiger partial charge on any atom is 0.282 e. The minimum atomic E-state index is -0.315. The van der Waals surface area contributed by atoms with Crippen molar-refractivity contribution in [2.75, 3.05) is 13.4 Å². The highest BCUT2D eigenvalue weighted by Gasteiger charge is 2.18. The standard InChI is InChI=1S/C33H24BrN3O6/c1-2-39-29-15-21(13-24(34)31(29)40-18-20-11-12-27-28(14-20)42-19-41-27)17-35-37-32(30-16-22-7-3-6-10-26(22)43-30)36-25-9-5-4-8-23(25)33(37)38/h3-17H,2,18-19H2,1H3. The molecule has 2 aromatic heterocycles. The molecule has 3 heterocycles. The van der Waals surface area contributed by atoms with Gasteiger partial charge in [-0.05, 0) is 82.5 Å². The van der Waals surface area contributed by atoms with E-state index in [-0.39, 0.29) is 12.4 Å². The largest absolute Gasteiger partial charge is 0.490 e. The van der Waals surface area contributed by atoms with Gasteiger partial charge in [0.2, 0.25) is 12.6 Å². The zero-order valence-corrected chi connectivity index (χ0v) is 24.5. The van der Waals surface area contributed by atoms with E-state index in [0.29, 0.717) is 74.3 Å². The smallest absolute Gasteiger partial charge is 0.282 e. The molecule has 0 spiro atoms. The van der Waals surface area contributed by atoms with Crippen LogP contribution in [0.1, 0.15) is 18.1 Å². The Morgan fingerprint density at radius 1 is 0.977 bits per heavy atom. The molecule has 0 radical (unpaired) electrons. The molecule has 0 saturated heterocycles. The van der Waals surface area contributed by atoms with Crippen molar-refractivity contribution in [1.82, 2.24) is 9.66 Å². The van der Waals surface area contributed by atoms with Crippen LogP contribution >= 0.6 is 15.9 Å². The molecule has 4 aromatic carbocycles. The van der Waals surface area contributed by atoms with Crippen LogP contribution in [-0.2, 0) is 6.61 Å². The minimum absolute atomic E-state index is 0.212. The number of fused-ring (bicyclic) bond motifs is 3. The second-order valence-electron chi connectivity index (χ2n) is 9.70. The molecular formula is C33H24BrN3O6. The number of halogens is 1. The van der Waals surface area contributed by atoms with E-state index in [0.717, 1.165) is 10.9 Å². The number of ether oxygens (including phenoxy) is 4. The number of para-hydroxylation sites is 2. The summed E-state index contributed by atoms with van der Waals surface area (Å²) in [4.78, 5) is 18.4. The van der Waals surface area contributed by atoms with Crippen LogP contribution in [0.2, 0.25) is 0 Å². The number of furan rings is 1. The second kappa shape index (κ2) is 11.3. The Hall–Kier alpha value is -5.09. The molecule has 1 aliphatic rings. The first-order valence-corrected chi connectivity index (χ1v) is 14.4. The number of hydrogen-bond acceptors (Lipinski definition) is 8. The van der Waals surface area contributed by atoms with Crippen molar-refractivity contribution < 1.29 is 23.4 Å². The van der Waals surface area contributed by atoms with Gasteiger partial charge in [0.05, 0.1) is 28.2 Å². The van der Waals surface area contributed by atoms with E-state index >= 15 is 0 Å². The molecule has 6 aromatic rings. The van der Waals surface area contributed by atoms with Crippen LogP contribution in [0.25, 0.3) is 33.5 Å². The minimum Gasteiger partial charge on any atom is -0.490 e. The molecule has 0 unspecified atom stereocenters. The Morgan fingerprint density at radius 3 is 2.70 bits per heavy atom. The van der Waals surface area contributed by atoms with Crippen molar-refractivity contribution in [2.24, 2.45) is 5.10 Å². The predicted molar refractivity (Wildman–Crippen MR) is 166 cm³/mol. The lowest BCUT2D eigenvalue weighted by Crippen LogP contribution is -2.20. The number of nitrogens with zero attached hydrogens (tertiary/aromatic N) is 3. The number of aromatic nitrogens is 2. The molecule has 43 heavy (non-hydrogen) atoms. The van der Waals surface area contributed by atoms with Crippen LogP contribution in [0.4, 0.5) is 0 Å². The zero-order valence-electron chi connectivity index (χ0n) is 23.0. The van der Waals surface area contributed by atoms with Gasteiger partial charge in [0.25, 0.3) is 5.56 Å². The highest BCUT2D eigenvalue weighted by Crippen LogP contribution is 2.38. The van der Waals surface area contributed by atoms with Gasteiger partial charge < -0.3 is 23.4 Å². The highest BCUT2D eigenvalue weighted by molar-refractivity contribution is 9.10. The van der Waals surface area contributed by atoms with Gasteiger partial charge in [-0.2, -0.15) is 9.78 Å². The number of rotatable bonds is 8. The molecular weight excluding hydrogens is 614 g/mol. The molecule has 0 fully saturated rings. The number of hydrogen-bond donors (Lipinski definition) is 0. The van der Waals surface area contributed by atoms with Crippen LogP contribution in [0.5, 0.6) is 23.0 Å². The first-order chi connectivity index (χ1) is 21.1. The van der Waals surface area contributed by atoms with E-state index in [1.807, 2.05) is 73.7 Å². The van der Waals surface area contributed by atoms with Crippen LogP contribution in [0.3, 0.4) is 0 Å². The Morgan fingerprint density at radius 2 is 1.81 bits per heavy atom. The summed E-state index contributed by atoms with van der Waals surface area (Å²) in [5, 5.41) is 5.93. The average Bonchev–Trinajstić information content (AvgIpc) is 3.67. The summed E-state index contributed by atoms with van der Waals surface area (Å²) < 4.78 is 31.0. The van der Waals surface area contributed by atoms with Crippen LogP contribution in [0, 0.1) is 0 Å². The maximum atomic E-state index is 13.6. The van der Waals surface area contributed by atoms with Crippen LogP contribution in [0.15, 0.2) is 104 Å². The summed E-state index contributed by atoms with van der Waals surface area (Å²) in [6.45, 7) is 2.83. The molecule has 0 atom stereocenters. The Balaban J connectivity index is 1.24. The van der Waals surface area contributed by atoms with Gasteiger partial charge in [-0.25, -0.2) is 4.98 Å². The quantitative estimate of drug-likeness (QED) is 0.163. The van der Waals surface area contributed by atoms with Gasteiger partial charge in [0, 0.05) is 5.39 Å². The van der Waals surface area contributed by atoms with E-state index in [1.54, 1.807) is 24.4 Å². The molecule has 0 saturated carbocycles. The monoisotopic (exact) mass is 637 g/mol. The first-order valence-electron chi connectivity index (χ1n) is 13.6. The van der Waals surface area contributed by atoms with Crippen molar-refractivity contribution in [1.29, 1.82) is 0 Å². The van der Waals surface area contributed by atoms with Gasteiger partial charge in [-0.1, -0.05) is 36.4 Å². The zero-order chi connectivity index (χ0) is 29.3. The topological polar surface area (TPSA) is 97.3 Å². The van der Waals surface area contributed by atoms with Crippen LogP contribution in [-0.4, -0.2) is 29.3 Å². The fraction of sp³-hybridized carbons (Fsp3) is 0.121. The summed E-state index contributed by atoms with van der Waals surface area (Å²) in [5.74, 6) is 3.21. The molecule has 7 rings (SSSR count). The third kappa shape index (κ3) is 5.21. The van der Waals surface area contributed by atoms with Crippen molar-refractivity contribution >= 4 is 44.0 Å². The molecule has 0 bridgehead atoms. The molecule has 0 N–H and O–H groups in total. The molecule has 1 aliphatic heterocycles. The van der Waals surface area contributed by atoms with E-state index in [4.69, 9.17) is 28.3 Å². The van der Waals surface area contributed by atoms with Crippen LogP contribution < -0.4 is 24.5 Å². The molecule has 10 heteroatoms. The third-order valence-corrected chi connectivity index (χ3v) is 7.46. The lowest BCUT2D eigenvalue weighted by Gasteiger charge is -2.15. The molecule has 9 nitrogen and oxygen atoms in total. The van der Waals surface area contributed by atoms with Gasteiger partial charge >= 0.3 is 0 Å². The van der Waals surface area contributed by atoms with E-state index in [2.05, 4.69) is 21.0 Å². The molecule has 0 aliphatic carbocycles. The van der Waals surface area contributed by atoms with Gasteiger partial charge in [0.15, 0.2) is 28.8 Å². The summed E-state index contributed by atoms with van der Waals surface area (Å²) in [7, 11) is 0. The summed E-state index contributed by atoms with van der Waals surface area (Å²) in [6.07, 6.45) is 1.58. The highest BCUT2D eigenvalue weighted by atomic mass is 79.9. The van der Waals surface area contributed by atoms with Crippen molar-refractivity contribution in [3.63, 3.8) is 0 Å². The molecule has 0 amide bonds. The lowest BCUT2D eigenvalue weighted by molar-refractivity contribution is 0.174. The van der Waals surface area contributed by atoms with Gasteiger partial charge in [-0.3, -0.25) is 4.79 Å². The SMILES string of the molecule is CCOc1cc(C=Nn2c(-c3cc4ccccc4o3)nc3ccccc3c2=O)cc(Br)c1OCc1ccc2c(c1)OCO2. The fourth-order valence-corrected chi connectivity index (χ4v) is 5.43. The maximum absolute atomic E-state index is 13.6. The Bertz CT molecular complexity index is 2050. The van der Waals surface area contributed by atoms with Crippen molar-refractivity contribution in [2.45, 2.75) is 13.5 Å². The van der Waals surface area contributed by atoms with E-state index in [1.165, 1.54) is 4.68 Å². The first kappa shape index (κ1) is 26.8. The van der Waals surface area contributed by atoms with Crippen molar-refractivity contribution in [3.8, 4) is 34.6 Å². The normalized spacial score (nSPS) is 12.4. The van der Waals surface area contributed by atoms with E-state index in [9.17, 15) is 4.79 Å². The van der Waals surface area contributed by atoms with Gasteiger partial charge in [0.1, 0.15) is 12.2 Å². The van der Waals surface area contributed by atoms with Crippen molar-refractivity contribution in [3.05, 3.63) is 111 Å².